The molecule has 0 bridgehead atoms. The van der Waals surface area contributed by atoms with Gasteiger partial charge in [0.25, 0.3) is 6.17 Å². The van der Waals surface area contributed by atoms with E-state index in [1.807, 2.05) is 0 Å². The highest BCUT2D eigenvalue weighted by Gasteiger charge is 2.59. The number of unbranched alkanes of at least 4 members (excludes halogenated alkanes) is 1. The standard InChI is InChI=1S/C27H38F6O/c1-2-3-6-19-9-14-21(15-10-19)22-16-11-20(12-17-22)13-18-23-7-4-5-8-24(23)34-27(32,33)25(28)26(29,30)31/h4-5,7-8,19-22,25H,2-3,6,9-18H2,1H3. The van der Waals surface area contributed by atoms with Crippen molar-refractivity contribution in [2.75, 3.05) is 0 Å². The fourth-order valence-electron chi connectivity index (χ4n) is 5.95. The Morgan fingerprint density at radius 3 is 1.88 bits per heavy atom. The molecule has 1 nitrogen and oxygen atoms in total. The number of para-hydroxylation sites is 1. The smallest absolute Gasteiger partial charge is 0.430 e. The van der Waals surface area contributed by atoms with Crippen LogP contribution >= 0.6 is 0 Å². The van der Waals surface area contributed by atoms with Gasteiger partial charge in [-0.1, -0.05) is 70.1 Å². The van der Waals surface area contributed by atoms with Gasteiger partial charge < -0.3 is 4.74 Å². The second kappa shape index (κ2) is 12.0. The minimum atomic E-state index is -5.69. The third-order valence-corrected chi connectivity index (χ3v) is 8.04. The Balaban J connectivity index is 1.46. The summed E-state index contributed by atoms with van der Waals surface area (Å²) in [5, 5.41) is 0. The van der Waals surface area contributed by atoms with E-state index in [0.717, 1.165) is 37.0 Å². The third kappa shape index (κ3) is 7.55. The second-order valence-electron chi connectivity index (χ2n) is 10.4. The second-order valence-corrected chi connectivity index (χ2v) is 10.4. The third-order valence-electron chi connectivity index (χ3n) is 8.04. The van der Waals surface area contributed by atoms with Gasteiger partial charge in [-0.3, -0.25) is 0 Å². The lowest BCUT2D eigenvalue weighted by molar-refractivity contribution is -0.305. The molecule has 0 spiro atoms. The Hall–Kier alpha value is -1.40. The molecule has 2 aliphatic carbocycles. The number of hydrogen-bond acceptors (Lipinski definition) is 1. The van der Waals surface area contributed by atoms with E-state index in [-0.39, 0.29) is 5.75 Å². The molecule has 0 N–H and O–H groups in total. The quantitative estimate of drug-likeness (QED) is 0.296. The largest absolute Gasteiger partial charge is 0.439 e. The number of alkyl halides is 6. The highest BCUT2D eigenvalue weighted by molar-refractivity contribution is 5.33. The predicted molar refractivity (Wildman–Crippen MR) is 122 cm³/mol. The van der Waals surface area contributed by atoms with Crippen LogP contribution in [0.1, 0.15) is 89.5 Å². The Labute approximate surface area is 199 Å². The van der Waals surface area contributed by atoms with Crippen LogP contribution in [0.2, 0.25) is 0 Å². The summed E-state index contributed by atoms with van der Waals surface area (Å²) in [6, 6.07) is 5.78. The van der Waals surface area contributed by atoms with Crippen LogP contribution in [-0.4, -0.2) is 18.5 Å². The highest BCUT2D eigenvalue weighted by atomic mass is 19.4. The molecule has 1 aromatic carbocycles. The summed E-state index contributed by atoms with van der Waals surface area (Å²) in [5.74, 6) is 2.60. The molecular formula is C27H38F6O. The minimum Gasteiger partial charge on any atom is -0.430 e. The van der Waals surface area contributed by atoms with Gasteiger partial charge in [0.05, 0.1) is 0 Å². The van der Waals surface area contributed by atoms with E-state index < -0.39 is 18.5 Å². The van der Waals surface area contributed by atoms with E-state index in [2.05, 4.69) is 11.7 Å². The van der Waals surface area contributed by atoms with Crippen molar-refractivity contribution in [3.63, 3.8) is 0 Å². The van der Waals surface area contributed by atoms with Crippen molar-refractivity contribution in [1.82, 2.24) is 0 Å². The molecule has 2 aliphatic rings. The Bertz CT molecular complexity index is 733. The molecule has 0 aliphatic heterocycles. The van der Waals surface area contributed by atoms with Crippen LogP contribution < -0.4 is 4.74 Å². The van der Waals surface area contributed by atoms with Gasteiger partial charge in [0.2, 0.25) is 0 Å². The molecule has 0 saturated heterocycles. The first kappa shape index (κ1) is 27.2. The average molecular weight is 493 g/mol. The SMILES string of the molecule is CCCCC1CCC(C2CCC(CCc3ccccc3OC(F)(F)C(F)C(F)(F)F)CC2)CC1. The van der Waals surface area contributed by atoms with E-state index in [0.29, 0.717) is 17.9 Å². The summed E-state index contributed by atoms with van der Waals surface area (Å²) in [7, 11) is 0. The molecule has 1 atom stereocenters. The fraction of sp³-hybridized carbons (Fsp3) is 0.778. The zero-order valence-electron chi connectivity index (χ0n) is 20.1. The van der Waals surface area contributed by atoms with Gasteiger partial charge >= 0.3 is 12.3 Å². The molecule has 1 unspecified atom stereocenters. The highest BCUT2D eigenvalue weighted by Crippen LogP contribution is 2.43. The van der Waals surface area contributed by atoms with Crippen molar-refractivity contribution in [3.8, 4) is 5.75 Å². The zero-order chi connectivity index (χ0) is 24.8. The zero-order valence-corrected chi connectivity index (χ0v) is 20.1. The first-order valence-electron chi connectivity index (χ1n) is 13.0. The van der Waals surface area contributed by atoms with Crippen molar-refractivity contribution in [2.24, 2.45) is 23.7 Å². The molecule has 0 radical (unpaired) electrons. The van der Waals surface area contributed by atoms with Crippen LogP contribution in [0.5, 0.6) is 5.75 Å². The molecule has 3 rings (SSSR count). The summed E-state index contributed by atoms with van der Waals surface area (Å²) in [4.78, 5) is 0. The summed E-state index contributed by atoms with van der Waals surface area (Å²) in [5.41, 5.74) is 0.393. The molecule has 2 fully saturated rings. The van der Waals surface area contributed by atoms with Gasteiger partial charge in [0.15, 0.2) is 0 Å². The van der Waals surface area contributed by atoms with E-state index in [1.54, 1.807) is 12.1 Å². The Morgan fingerprint density at radius 1 is 0.824 bits per heavy atom. The summed E-state index contributed by atoms with van der Waals surface area (Å²) < 4.78 is 82.3. The minimum absolute atomic E-state index is 0.382. The number of rotatable bonds is 10. The summed E-state index contributed by atoms with van der Waals surface area (Å²) >= 11 is 0. The summed E-state index contributed by atoms with van der Waals surface area (Å²) in [6.07, 6.45) is 0.130. The lowest BCUT2D eigenvalue weighted by Gasteiger charge is -2.38. The Kier molecular flexibility index (Phi) is 9.62. The molecule has 34 heavy (non-hydrogen) atoms. The first-order valence-corrected chi connectivity index (χ1v) is 13.0. The van der Waals surface area contributed by atoms with Crippen molar-refractivity contribution in [3.05, 3.63) is 29.8 Å². The number of ether oxygens (including phenoxy) is 1. The van der Waals surface area contributed by atoms with Crippen molar-refractivity contribution >= 4 is 0 Å². The van der Waals surface area contributed by atoms with E-state index >= 15 is 0 Å². The molecule has 0 heterocycles. The maximum atomic E-state index is 13.8. The van der Waals surface area contributed by atoms with Crippen LogP contribution in [0.15, 0.2) is 24.3 Å². The van der Waals surface area contributed by atoms with E-state index in [4.69, 9.17) is 0 Å². The molecule has 1 aromatic rings. The number of halogens is 6. The fourth-order valence-corrected chi connectivity index (χ4v) is 5.95. The monoisotopic (exact) mass is 492 g/mol. The van der Waals surface area contributed by atoms with Gasteiger partial charge in [-0.05, 0) is 73.8 Å². The van der Waals surface area contributed by atoms with Gasteiger partial charge in [-0.2, -0.15) is 22.0 Å². The van der Waals surface area contributed by atoms with Gasteiger partial charge in [-0.25, -0.2) is 4.39 Å². The topological polar surface area (TPSA) is 9.23 Å². The van der Waals surface area contributed by atoms with Crippen LogP contribution in [0.3, 0.4) is 0 Å². The number of aryl methyl sites for hydroxylation is 1. The Morgan fingerprint density at radius 2 is 1.35 bits per heavy atom. The van der Waals surface area contributed by atoms with Crippen LogP contribution in [-0.2, 0) is 6.42 Å². The molecular weight excluding hydrogens is 454 g/mol. The van der Waals surface area contributed by atoms with Crippen LogP contribution in [0.4, 0.5) is 26.3 Å². The normalized spacial score (nSPS) is 27.4. The van der Waals surface area contributed by atoms with Gasteiger partial charge in [0.1, 0.15) is 5.75 Å². The predicted octanol–water partition coefficient (Wildman–Crippen LogP) is 9.29. The maximum absolute atomic E-state index is 13.8. The van der Waals surface area contributed by atoms with Crippen LogP contribution in [0.25, 0.3) is 0 Å². The molecule has 7 heteroatoms. The lowest BCUT2D eigenvalue weighted by atomic mass is 9.68. The van der Waals surface area contributed by atoms with Gasteiger partial charge in [0, 0.05) is 0 Å². The van der Waals surface area contributed by atoms with Crippen molar-refractivity contribution in [2.45, 2.75) is 109 Å². The number of hydrogen-bond donors (Lipinski definition) is 0. The maximum Gasteiger partial charge on any atom is 0.439 e. The van der Waals surface area contributed by atoms with Crippen molar-refractivity contribution in [1.29, 1.82) is 0 Å². The molecule has 194 valence electrons. The van der Waals surface area contributed by atoms with Gasteiger partial charge in [-0.15, -0.1) is 0 Å². The molecule has 0 amide bonds. The summed E-state index contributed by atoms with van der Waals surface area (Å²) in [6.45, 7) is 2.25. The average Bonchev–Trinajstić information content (AvgIpc) is 2.81. The van der Waals surface area contributed by atoms with Crippen LogP contribution in [0, 0.1) is 23.7 Å². The van der Waals surface area contributed by atoms with Crippen molar-refractivity contribution < 1.29 is 31.1 Å². The lowest BCUT2D eigenvalue weighted by Crippen LogP contribution is -2.45. The molecule has 2 saturated carbocycles. The van der Waals surface area contributed by atoms with E-state index in [1.165, 1.54) is 69.9 Å². The first-order chi connectivity index (χ1) is 16.1. The molecule has 0 aromatic heterocycles. The van der Waals surface area contributed by atoms with E-state index in [9.17, 15) is 26.3 Å². The number of benzene rings is 1.